The molecule has 0 amide bonds. The average Bonchev–Trinajstić information content (AvgIpc) is 2.27. The molecule has 0 aliphatic carbocycles. The van der Waals surface area contributed by atoms with Crippen LogP contribution in [0.1, 0.15) is 25.5 Å². The van der Waals surface area contributed by atoms with Gasteiger partial charge in [0.2, 0.25) is 0 Å². The molecule has 0 fully saturated rings. The van der Waals surface area contributed by atoms with Crippen molar-refractivity contribution in [3.05, 3.63) is 34.9 Å². The number of carbonyl (C=O) groups is 2. The van der Waals surface area contributed by atoms with E-state index in [0.29, 0.717) is 10.6 Å². The SMILES string of the molecule is CC(=O)O.CC(=O)O.OC[C@@H](O)c1ccc(Cl)cc1. The van der Waals surface area contributed by atoms with Crippen LogP contribution in [0.4, 0.5) is 0 Å². The highest BCUT2D eigenvalue weighted by atomic mass is 35.5. The second-order valence-corrected chi connectivity index (χ2v) is 3.72. The molecule has 1 rings (SSSR count). The molecule has 0 unspecified atom stereocenters. The van der Waals surface area contributed by atoms with Gasteiger partial charge in [-0.05, 0) is 17.7 Å². The normalized spacial score (nSPS) is 10.2. The van der Waals surface area contributed by atoms with Gasteiger partial charge in [0, 0.05) is 18.9 Å². The van der Waals surface area contributed by atoms with E-state index in [4.69, 9.17) is 41.6 Å². The highest BCUT2D eigenvalue weighted by Gasteiger charge is 2.03. The van der Waals surface area contributed by atoms with Crippen molar-refractivity contribution in [1.29, 1.82) is 0 Å². The van der Waals surface area contributed by atoms with Crippen molar-refractivity contribution in [2.75, 3.05) is 6.61 Å². The number of benzene rings is 1. The summed E-state index contributed by atoms with van der Waals surface area (Å²) >= 11 is 5.62. The first-order valence-corrected chi connectivity index (χ1v) is 5.52. The summed E-state index contributed by atoms with van der Waals surface area (Å²) < 4.78 is 0. The second-order valence-electron chi connectivity index (χ2n) is 3.29. The van der Waals surface area contributed by atoms with E-state index in [1.54, 1.807) is 24.3 Å². The third-order valence-electron chi connectivity index (χ3n) is 1.43. The molecule has 1 aromatic carbocycles. The van der Waals surface area contributed by atoms with Crippen LogP contribution < -0.4 is 0 Å². The van der Waals surface area contributed by atoms with Gasteiger partial charge in [0.05, 0.1) is 6.61 Å². The fourth-order valence-corrected chi connectivity index (χ4v) is 0.916. The minimum atomic E-state index is -0.833. The lowest BCUT2D eigenvalue weighted by molar-refractivity contribution is -0.135. The zero-order valence-corrected chi connectivity index (χ0v) is 11.3. The number of carboxylic acids is 2. The highest BCUT2D eigenvalue weighted by molar-refractivity contribution is 6.30. The Morgan fingerprint density at radius 3 is 1.68 bits per heavy atom. The van der Waals surface area contributed by atoms with Gasteiger partial charge < -0.3 is 20.4 Å². The Balaban J connectivity index is 0. The van der Waals surface area contributed by atoms with Crippen LogP contribution in [0.5, 0.6) is 0 Å². The van der Waals surface area contributed by atoms with Crippen LogP contribution >= 0.6 is 11.6 Å². The molecule has 0 saturated carbocycles. The lowest BCUT2D eigenvalue weighted by Gasteiger charge is -2.05. The Hall–Kier alpha value is -1.63. The molecule has 4 N–H and O–H groups in total. The fraction of sp³-hybridized carbons (Fsp3) is 0.333. The van der Waals surface area contributed by atoms with E-state index in [0.717, 1.165) is 13.8 Å². The zero-order valence-electron chi connectivity index (χ0n) is 10.6. The van der Waals surface area contributed by atoms with E-state index in [1.807, 2.05) is 0 Å². The second kappa shape index (κ2) is 11.5. The van der Waals surface area contributed by atoms with E-state index >= 15 is 0 Å². The van der Waals surface area contributed by atoms with Gasteiger partial charge in [-0.3, -0.25) is 9.59 Å². The topological polar surface area (TPSA) is 115 Å². The van der Waals surface area contributed by atoms with Crippen molar-refractivity contribution in [2.45, 2.75) is 20.0 Å². The first-order chi connectivity index (χ1) is 8.70. The Kier molecular flexibility index (Phi) is 11.9. The van der Waals surface area contributed by atoms with Gasteiger partial charge in [-0.2, -0.15) is 0 Å². The maximum absolute atomic E-state index is 9.13. The molecule has 1 atom stereocenters. The summed E-state index contributed by atoms with van der Waals surface area (Å²) in [5.74, 6) is -1.67. The van der Waals surface area contributed by atoms with Crippen molar-refractivity contribution >= 4 is 23.5 Å². The Morgan fingerprint density at radius 2 is 1.42 bits per heavy atom. The summed E-state index contributed by atoms with van der Waals surface area (Å²) in [7, 11) is 0. The van der Waals surface area contributed by atoms with E-state index in [2.05, 4.69) is 0 Å². The van der Waals surface area contributed by atoms with Gasteiger partial charge >= 0.3 is 0 Å². The van der Waals surface area contributed by atoms with Gasteiger partial charge in [-0.15, -0.1) is 0 Å². The zero-order chi connectivity index (χ0) is 15.4. The average molecular weight is 293 g/mol. The summed E-state index contributed by atoms with van der Waals surface area (Å²) in [6.45, 7) is 1.90. The molecular weight excluding hydrogens is 276 g/mol. The van der Waals surface area contributed by atoms with Gasteiger partial charge in [0.25, 0.3) is 11.9 Å². The molecule has 1 aromatic rings. The quantitative estimate of drug-likeness (QED) is 0.657. The molecule has 0 spiro atoms. The number of aliphatic carboxylic acids is 2. The van der Waals surface area contributed by atoms with Crippen molar-refractivity contribution in [1.82, 2.24) is 0 Å². The van der Waals surface area contributed by atoms with Crippen molar-refractivity contribution in [2.24, 2.45) is 0 Å². The summed E-state index contributed by atoms with van der Waals surface area (Å²) in [6.07, 6.45) is -0.799. The molecule has 19 heavy (non-hydrogen) atoms. The number of hydrogen-bond acceptors (Lipinski definition) is 4. The Labute approximate surface area is 115 Å². The predicted octanol–water partition coefficient (Wildman–Crippen LogP) is 1.55. The van der Waals surface area contributed by atoms with Crippen LogP contribution in [0.15, 0.2) is 24.3 Å². The fourth-order valence-electron chi connectivity index (χ4n) is 0.790. The largest absolute Gasteiger partial charge is 0.481 e. The molecule has 0 aliphatic heterocycles. The monoisotopic (exact) mass is 292 g/mol. The van der Waals surface area contributed by atoms with Crippen LogP contribution in [-0.2, 0) is 9.59 Å². The van der Waals surface area contributed by atoms with Gasteiger partial charge in [-0.1, -0.05) is 23.7 Å². The van der Waals surface area contributed by atoms with E-state index in [-0.39, 0.29) is 6.61 Å². The van der Waals surface area contributed by atoms with Gasteiger partial charge in [0.15, 0.2) is 0 Å². The van der Waals surface area contributed by atoms with Crippen molar-refractivity contribution < 1.29 is 30.0 Å². The predicted molar refractivity (Wildman–Crippen MR) is 70.1 cm³/mol. The molecule has 0 saturated heterocycles. The Morgan fingerprint density at radius 1 is 1.11 bits per heavy atom. The summed E-state index contributed by atoms with van der Waals surface area (Å²) in [4.78, 5) is 18.0. The molecule has 0 radical (unpaired) electrons. The number of hydrogen-bond donors (Lipinski definition) is 4. The van der Waals surface area contributed by atoms with Crippen molar-refractivity contribution in [3.8, 4) is 0 Å². The first kappa shape index (κ1) is 19.7. The maximum Gasteiger partial charge on any atom is 0.300 e. The molecular formula is C12H17ClO6. The summed E-state index contributed by atoms with van der Waals surface area (Å²) in [5.41, 5.74) is 0.678. The number of aliphatic hydroxyl groups is 2. The minimum absolute atomic E-state index is 0.262. The lowest BCUT2D eigenvalue weighted by atomic mass is 10.1. The van der Waals surface area contributed by atoms with E-state index in [9.17, 15) is 0 Å². The Bertz CT molecular complexity index is 356. The van der Waals surface area contributed by atoms with E-state index < -0.39 is 18.0 Å². The smallest absolute Gasteiger partial charge is 0.300 e. The molecule has 0 heterocycles. The third kappa shape index (κ3) is 16.4. The first-order valence-electron chi connectivity index (χ1n) is 5.14. The van der Waals surface area contributed by atoms with Crippen LogP contribution in [-0.4, -0.2) is 39.0 Å². The molecule has 108 valence electrons. The number of rotatable bonds is 2. The highest BCUT2D eigenvalue weighted by Crippen LogP contribution is 2.15. The third-order valence-corrected chi connectivity index (χ3v) is 1.68. The standard InChI is InChI=1S/C8H9ClO2.2C2H4O2/c9-7-3-1-6(2-4-7)8(11)5-10;2*1-2(3)4/h1-4,8,10-11H,5H2;2*1H3,(H,3,4)/t8-;;/m1../s1. The number of halogens is 1. The molecule has 0 aliphatic rings. The molecule has 0 aromatic heterocycles. The number of carboxylic acid groups (broad SMARTS) is 2. The summed E-state index contributed by atoms with van der Waals surface area (Å²) in [6, 6.07) is 6.72. The van der Waals surface area contributed by atoms with Crippen LogP contribution in [0, 0.1) is 0 Å². The van der Waals surface area contributed by atoms with Crippen LogP contribution in [0.3, 0.4) is 0 Å². The number of aliphatic hydroxyl groups excluding tert-OH is 2. The summed E-state index contributed by atoms with van der Waals surface area (Å²) in [5, 5.41) is 33.2. The maximum atomic E-state index is 9.13. The van der Waals surface area contributed by atoms with Crippen molar-refractivity contribution in [3.63, 3.8) is 0 Å². The molecule has 6 nitrogen and oxygen atoms in total. The van der Waals surface area contributed by atoms with Gasteiger partial charge in [-0.25, -0.2) is 0 Å². The van der Waals surface area contributed by atoms with Gasteiger partial charge in [0.1, 0.15) is 6.10 Å². The van der Waals surface area contributed by atoms with Crippen LogP contribution in [0.25, 0.3) is 0 Å². The molecule has 7 heteroatoms. The lowest BCUT2D eigenvalue weighted by Crippen LogP contribution is -2.01. The van der Waals surface area contributed by atoms with E-state index in [1.165, 1.54) is 0 Å². The van der Waals surface area contributed by atoms with Crippen LogP contribution in [0.2, 0.25) is 5.02 Å². The molecule has 0 bridgehead atoms. The minimum Gasteiger partial charge on any atom is -0.481 e.